The lowest BCUT2D eigenvalue weighted by molar-refractivity contribution is -0.179. The number of thiazole rings is 1. The minimum Gasteiger partial charge on any atom is -0.467 e. The van der Waals surface area contributed by atoms with E-state index in [2.05, 4.69) is 24.8 Å². The SMILES string of the molecule is [C-]#[N+]Cc1ccccc1-c1ccc(CC(OC[C@H]2O[C@@H](n3cnc4c(N(C(=O)OC(C)(C)C)C(=O)OC(C)(C)C)nc(Cl)nc43)[C@H](OC(=O)OC(C)(C)C)[C@@H]2C)(C(=O)OC)c2cscn2)cc1. The van der Waals surface area contributed by atoms with Crippen LogP contribution in [0.1, 0.15) is 92.3 Å². The molecular weight excluding hydrogens is 906 g/mol. The second-order valence-corrected chi connectivity index (χ2v) is 19.8. The Morgan fingerprint density at radius 2 is 1.54 bits per heavy atom. The van der Waals surface area contributed by atoms with Gasteiger partial charge in [-0.2, -0.15) is 14.9 Å². The summed E-state index contributed by atoms with van der Waals surface area (Å²) < 4.78 is 42.9. The number of hydrogen-bond acceptors (Lipinski definition) is 16. The smallest absolute Gasteiger partial charge is 0.467 e. The van der Waals surface area contributed by atoms with Crippen LogP contribution in [-0.4, -0.2) is 91.5 Å². The largest absolute Gasteiger partial charge is 0.509 e. The summed E-state index contributed by atoms with van der Waals surface area (Å²) in [6.45, 7) is 24.0. The molecule has 5 aromatic rings. The minimum absolute atomic E-state index is 0.00586. The number of ether oxygens (including phenoxy) is 7. The number of aromatic nitrogens is 5. The van der Waals surface area contributed by atoms with E-state index in [1.807, 2.05) is 48.5 Å². The first kappa shape index (κ1) is 50.2. The molecule has 1 fully saturated rings. The maximum atomic E-state index is 14.1. The fourth-order valence-electron chi connectivity index (χ4n) is 7.26. The maximum absolute atomic E-state index is 14.1. The number of methoxy groups -OCH3 is 1. The molecule has 0 bridgehead atoms. The highest BCUT2D eigenvalue weighted by Gasteiger charge is 2.51. The van der Waals surface area contributed by atoms with E-state index in [9.17, 15) is 19.2 Å². The second kappa shape index (κ2) is 20.0. The molecule has 1 aliphatic rings. The molecule has 18 nitrogen and oxygen atoms in total. The molecule has 1 saturated heterocycles. The van der Waals surface area contributed by atoms with Crippen molar-refractivity contribution in [3.63, 3.8) is 0 Å². The fourth-order valence-corrected chi connectivity index (χ4v) is 8.04. The van der Waals surface area contributed by atoms with E-state index in [0.717, 1.165) is 22.3 Å². The van der Waals surface area contributed by atoms with Gasteiger partial charge in [0.1, 0.15) is 16.8 Å². The quantitative estimate of drug-likeness (QED) is 0.0495. The van der Waals surface area contributed by atoms with E-state index in [0.29, 0.717) is 10.6 Å². The van der Waals surface area contributed by atoms with Crippen molar-refractivity contribution in [2.45, 2.75) is 123 Å². The van der Waals surface area contributed by atoms with Crippen LogP contribution < -0.4 is 4.90 Å². The van der Waals surface area contributed by atoms with Crippen LogP contribution >= 0.6 is 22.9 Å². The molecule has 67 heavy (non-hydrogen) atoms. The fraction of sp³-hybridized carbons (Fsp3) is 0.468. The summed E-state index contributed by atoms with van der Waals surface area (Å²) in [7, 11) is 1.26. The predicted octanol–water partition coefficient (Wildman–Crippen LogP) is 9.88. The van der Waals surface area contributed by atoms with Gasteiger partial charge < -0.3 is 38.0 Å². The van der Waals surface area contributed by atoms with Crippen molar-refractivity contribution in [1.82, 2.24) is 24.5 Å². The number of amides is 2. The van der Waals surface area contributed by atoms with E-state index in [1.54, 1.807) is 80.1 Å². The number of esters is 1. The van der Waals surface area contributed by atoms with E-state index in [1.165, 1.54) is 29.3 Å². The van der Waals surface area contributed by atoms with Gasteiger partial charge >= 0.3 is 24.3 Å². The lowest BCUT2D eigenvalue weighted by Crippen LogP contribution is -2.44. The molecule has 2 amide bonds. The van der Waals surface area contributed by atoms with E-state index < -0.39 is 71.1 Å². The van der Waals surface area contributed by atoms with Gasteiger partial charge in [-0.15, -0.1) is 11.3 Å². The molecule has 20 heteroatoms. The van der Waals surface area contributed by atoms with Gasteiger partial charge in [0.2, 0.25) is 17.4 Å². The van der Waals surface area contributed by atoms with Gasteiger partial charge in [0.25, 0.3) is 0 Å². The molecule has 0 saturated carbocycles. The highest BCUT2D eigenvalue weighted by Crippen LogP contribution is 2.41. The molecule has 1 aliphatic heterocycles. The Morgan fingerprint density at radius 1 is 0.896 bits per heavy atom. The zero-order valence-corrected chi connectivity index (χ0v) is 40.8. The minimum atomic E-state index is -1.77. The van der Waals surface area contributed by atoms with Crippen molar-refractivity contribution in [2.24, 2.45) is 5.92 Å². The highest BCUT2D eigenvalue weighted by atomic mass is 35.5. The molecular formula is C47H54ClN7O11S. The summed E-state index contributed by atoms with van der Waals surface area (Å²) in [5.41, 5.74) is 0.448. The van der Waals surface area contributed by atoms with Crippen molar-refractivity contribution in [3.05, 3.63) is 99.3 Å². The average Bonchev–Trinajstić information content (AvgIpc) is 3.98. The first-order chi connectivity index (χ1) is 31.4. The lowest BCUT2D eigenvalue weighted by Gasteiger charge is -2.31. The lowest BCUT2D eigenvalue weighted by atomic mass is 9.89. The number of hydrogen-bond donors (Lipinski definition) is 0. The van der Waals surface area contributed by atoms with Crippen molar-refractivity contribution in [1.29, 1.82) is 0 Å². The molecule has 356 valence electrons. The molecule has 0 radical (unpaired) electrons. The first-order valence-corrected chi connectivity index (χ1v) is 22.6. The van der Waals surface area contributed by atoms with E-state index in [4.69, 9.17) is 51.3 Å². The average molecular weight is 961 g/mol. The number of nitrogens with zero attached hydrogens (tertiary/aromatic N) is 7. The number of carbonyl (C=O) groups is 4. The van der Waals surface area contributed by atoms with Crippen LogP contribution in [0.3, 0.4) is 0 Å². The Hall–Kier alpha value is -6.20. The Labute approximate surface area is 397 Å². The van der Waals surface area contributed by atoms with Crippen molar-refractivity contribution in [3.8, 4) is 11.1 Å². The highest BCUT2D eigenvalue weighted by molar-refractivity contribution is 7.07. The predicted molar refractivity (Wildman–Crippen MR) is 247 cm³/mol. The van der Waals surface area contributed by atoms with Crippen LogP contribution in [0.2, 0.25) is 5.28 Å². The van der Waals surface area contributed by atoms with Crippen molar-refractivity contribution < 1.29 is 52.3 Å². The van der Waals surface area contributed by atoms with Crippen LogP contribution in [0, 0.1) is 12.5 Å². The van der Waals surface area contributed by atoms with Crippen molar-refractivity contribution in [2.75, 3.05) is 18.6 Å². The Balaban J connectivity index is 1.38. The van der Waals surface area contributed by atoms with Crippen molar-refractivity contribution >= 4 is 64.2 Å². The summed E-state index contributed by atoms with van der Waals surface area (Å²) in [6.07, 6.45) is -5.13. The number of rotatable bonds is 12. The second-order valence-electron chi connectivity index (χ2n) is 18.8. The van der Waals surface area contributed by atoms with Gasteiger partial charge in [-0.1, -0.05) is 55.5 Å². The molecule has 1 unspecified atom stereocenters. The molecule has 2 aromatic carbocycles. The molecule has 0 N–H and O–H groups in total. The third-order valence-electron chi connectivity index (χ3n) is 10.2. The Morgan fingerprint density at radius 3 is 2.12 bits per heavy atom. The summed E-state index contributed by atoms with van der Waals surface area (Å²) >= 11 is 7.80. The molecule has 5 atom stereocenters. The molecule has 3 aromatic heterocycles. The van der Waals surface area contributed by atoms with Crippen LogP contribution in [0.4, 0.5) is 20.2 Å². The Bertz CT molecular complexity index is 2600. The summed E-state index contributed by atoms with van der Waals surface area (Å²) in [5, 5.41) is 1.32. The summed E-state index contributed by atoms with van der Waals surface area (Å²) in [6, 6.07) is 15.3. The summed E-state index contributed by atoms with van der Waals surface area (Å²) in [4.78, 5) is 76.7. The monoisotopic (exact) mass is 959 g/mol. The van der Waals surface area contributed by atoms with Gasteiger partial charge in [-0.25, -0.2) is 35.7 Å². The van der Waals surface area contributed by atoms with Crippen LogP contribution in [0.5, 0.6) is 0 Å². The maximum Gasteiger partial charge on any atom is 0.509 e. The van der Waals surface area contributed by atoms with Gasteiger partial charge in [-0.3, -0.25) is 4.57 Å². The van der Waals surface area contributed by atoms with E-state index in [-0.39, 0.29) is 41.8 Å². The summed E-state index contributed by atoms with van der Waals surface area (Å²) in [5.74, 6) is -1.72. The van der Waals surface area contributed by atoms with E-state index >= 15 is 0 Å². The third-order valence-corrected chi connectivity index (χ3v) is 10.9. The van der Waals surface area contributed by atoms with Gasteiger partial charge in [-0.05, 0) is 90.6 Å². The number of fused-ring (bicyclic) bond motifs is 1. The first-order valence-electron chi connectivity index (χ1n) is 21.3. The number of imide groups is 1. The molecule has 0 spiro atoms. The topological polar surface area (TPSA) is 197 Å². The zero-order chi connectivity index (χ0) is 49.1. The number of halogens is 1. The van der Waals surface area contributed by atoms with Gasteiger partial charge in [0.15, 0.2) is 29.3 Å². The zero-order valence-electron chi connectivity index (χ0n) is 39.2. The van der Waals surface area contributed by atoms with Crippen LogP contribution in [0.15, 0.2) is 65.7 Å². The van der Waals surface area contributed by atoms with Crippen LogP contribution in [-0.2, 0) is 56.5 Å². The van der Waals surface area contributed by atoms with Gasteiger partial charge in [0.05, 0.1) is 37.4 Å². The number of anilines is 1. The Kier molecular flexibility index (Phi) is 15.0. The molecule has 4 heterocycles. The van der Waals surface area contributed by atoms with Gasteiger partial charge in [0, 0.05) is 23.3 Å². The number of imidazole rings is 1. The molecule has 6 rings (SSSR count). The standard InChI is InChI=1S/C47H54ClN7O11S/c1-27-32(23-61-47(39(56)60-12,33-24-67-26-51-33)21-28-17-19-29(20-18-28)31-16-14-13-15-30(31)22-49-11)62-38(35(27)63-43(59)66-46(8,9)10)54-25-50-34-36(54)52-40(48)53-37(34)55(41(57)64-44(2,3)4)42(58)65-45(5,6)7/h13-20,24-27,32,35,38H,21-23H2,1-10,12H3/t27-,32-,35-,38-,47?/m1/s1. The number of benzene rings is 2. The normalized spacial score (nSPS) is 18.4. The number of carbonyl (C=O) groups excluding carboxylic acids is 4. The van der Waals surface area contributed by atoms with Crippen LogP contribution in [0.25, 0.3) is 27.1 Å². The molecule has 0 aliphatic carbocycles. The third kappa shape index (κ3) is 11.9.